The zero-order valence-corrected chi connectivity index (χ0v) is 9.96. The van der Waals surface area contributed by atoms with Gasteiger partial charge in [-0.3, -0.25) is 9.59 Å². The molecular formula is C12H9FN2O2S. The molecule has 2 rings (SSSR count). The van der Waals surface area contributed by atoms with Crippen LogP contribution < -0.4 is 11.1 Å². The molecule has 0 radical (unpaired) electrons. The van der Waals surface area contributed by atoms with Crippen LogP contribution in [0.5, 0.6) is 0 Å². The third-order valence-electron chi connectivity index (χ3n) is 2.38. The SMILES string of the molecule is NC(=O)c1c(-c2ccc(F)cc2)csc1NC=O. The van der Waals surface area contributed by atoms with E-state index in [-0.39, 0.29) is 11.4 Å². The Morgan fingerprint density at radius 1 is 1.33 bits per heavy atom. The number of benzene rings is 1. The zero-order valence-electron chi connectivity index (χ0n) is 9.14. The van der Waals surface area contributed by atoms with E-state index < -0.39 is 5.91 Å². The van der Waals surface area contributed by atoms with Crippen LogP contribution in [-0.4, -0.2) is 12.3 Å². The van der Waals surface area contributed by atoms with E-state index >= 15 is 0 Å². The Bertz CT molecular complexity index is 593. The molecule has 1 heterocycles. The first-order valence-corrected chi connectivity index (χ1v) is 5.89. The highest BCUT2D eigenvalue weighted by molar-refractivity contribution is 7.15. The second-order valence-electron chi connectivity index (χ2n) is 3.49. The molecule has 3 N–H and O–H groups in total. The summed E-state index contributed by atoms with van der Waals surface area (Å²) < 4.78 is 12.8. The summed E-state index contributed by atoms with van der Waals surface area (Å²) in [5, 5.41) is 4.50. The van der Waals surface area contributed by atoms with Gasteiger partial charge in [-0.1, -0.05) is 12.1 Å². The van der Waals surface area contributed by atoms with Crippen molar-refractivity contribution in [2.45, 2.75) is 0 Å². The van der Waals surface area contributed by atoms with Crippen molar-refractivity contribution in [3.8, 4) is 11.1 Å². The molecule has 0 aliphatic carbocycles. The summed E-state index contributed by atoms with van der Waals surface area (Å²) in [5.74, 6) is -0.999. The van der Waals surface area contributed by atoms with Crippen molar-refractivity contribution in [3.63, 3.8) is 0 Å². The van der Waals surface area contributed by atoms with E-state index in [2.05, 4.69) is 5.32 Å². The Morgan fingerprint density at radius 2 is 2.00 bits per heavy atom. The van der Waals surface area contributed by atoms with Gasteiger partial charge in [-0.05, 0) is 17.7 Å². The van der Waals surface area contributed by atoms with Crippen LogP contribution in [-0.2, 0) is 4.79 Å². The molecule has 6 heteroatoms. The molecule has 92 valence electrons. The van der Waals surface area contributed by atoms with Crippen molar-refractivity contribution in [3.05, 3.63) is 41.0 Å². The van der Waals surface area contributed by atoms with Crippen molar-refractivity contribution >= 4 is 28.7 Å². The molecule has 18 heavy (non-hydrogen) atoms. The van der Waals surface area contributed by atoms with Gasteiger partial charge in [-0.25, -0.2) is 4.39 Å². The molecule has 4 nitrogen and oxygen atoms in total. The van der Waals surface area contributed by atoms with Gasteiger partial charge in [0.15, 0.2) is 0 Å². The van der Waals surface area contributed by atoms with Crippen LogP contribution in [0.1, 0.15) is 10.4 Å². The van der Waals surface area contributed by atoms with Gasteiger partial charge < -0.3 is 11.1 Å². The van der Waals surface area contributed by atoms with Gasteiger partial charge in [0.25, 0.3) is 5.91 Å². The van der Waals surface area contributed by atoms with Crippen LogP contribution in [0.3, 0.4) is 0 Å². The van der Waals surface area contributed by atoms with Gasteiger partial charge in [-0.2, -0.15) is 0 Å². The number of nitrogens with two attached hydrogens (primary N) is 1. The van der Waals surface area contributed by atoms with E-state index in [1.54, 1.807) is 17.5 Å². The number of halogens is 1. The third-order valence-corrected chi connectivity index (χ3v) is 3.29. The molecule has 0 saturated heterocycles. The topological polar surface area (TPSA) is 72.2 Å². The predicted molar refractivity (Wildman–Crippen MR) is 67.9 cm³/mol. The zero-order chi connectivity index (χ0) is 13.1. The number of amides is 2. The van der Waals surface area contributed by atoms with Crippen LogP contribution >= 0.6 is 11.3 Å². The van der Waals surface area contributed by atoms with Crippen molar-refractivity contribution in [1.29, 1.82) is 0 Å². The van der Waals surface area contributed by atoms with Gasteiger partial charge >= 0.3 is 0 Å². The molecule has 1 aromatic heterocycles. The number of anilines is 1. The normalized spacial score (nSPS) is 10.1. The fourth-order valence-electron chi connectivity index (χ4n) is 1.60. The second kappa shape index (κ2) is 4.97. The Kier molecular flexibility index (Phi) is 3.38. The van der Waals surface area contributed by atoms with Gasteiger partial charge in [-0.15, -0.1) is 11.3 Å². The molecule has 0 atom stereocenters. The molecule has 0 fully saturated rings. The van der Waals surface area contributed by atoms with Crippen LogP contribution in [0.4, 0.5) is 9.39 Å². The number of carbonyl (C=O) groups is 2. The Labute approximate surface area is 106 Å². The Balaban J connectivity index is 2.53. The summed E-state index contributed by atoms with van der Waals surface area (Å²) in [6, 6.07) is 5.69. The van der Waals surface area contributed by atoms with E-state index in [0.29, 0.717) is 22.5 Å². The Hall–Kier alpha value is -2.21. The van der Waals surface area contributed by atoms with E-state index in [0.717, 1.165) is 0 Å². The molecular weight excluding hydrogens is 255 g/mol. The molecule has 2 amide bonds. The first kappa shape index (κ1) is 12.3. The van der Waals surface area contributed by atoms with E-state index in [9.17, 15) is 14.0 Å². The number of rotatable bonds is 4. The lowest BCUT2D eigenvalue weighted by Gasteiger charge is -2.03. The molecule has 0 aliphatic rings. The summed E-state index contributed by atoms with van der Waals surface area (Å²) in [6.45, 7) is 0. The number of hydrogen-bond donors (Lipinski definition) is 2. The minimum Gasteiger partial charge on any atom is -0.365 e. The standard InChI is InChI=1S/C12H9FN2O2S/c13-8-3-1-7(2-4-8)9-5-18-12(15-6-16)10(9)11(14)17/h1-6H,(H2,14,17)(H,15,16). The van der Waals surface area contributed by atoms with E-state index in [1.165, 1.54) is 23.5 Å². The maximum atomic E-state index is 12.8. The largest absolute Gasteiger partial charge is 0.365 e. The smallest absolute Gasteiger partial charge is 0.252 e. The van der Waals surface area contributed by atoms with Crippen LogP contribution in [0.15, 0.2) is 29.6 Å². The summed E-state index contributed by atoms with van der Waals surface area (Å²) in [6.07, 6.45) is 0.479. The molecule has 0 saturated carbocycles. The van der Waals surface area contributed by atoms with Gasteiger partial charge in [0.2, 0.25) is 6.41 Å². The maximum absolute atomic E-state index is 12.8. The highest BCUT2D eigenvalue weighted by atomic mass is 32.1. The van der Waals surface area contributed by atoms with Crippen molar-refractivity contribution in [2.75, 3.05) is 5.32 Å². The average Bonchev–Trinajstić information content (AvgIpc) is 2.74. The van der Waals surface area contributed by atoms with Crippen LogP contribution in [0.25, 0.3) is 11.1 Å². The van der Waals surface area contributed by atoms with Gasteiger partial charge in [0, 0.05) is 10.9 Å². The second-order valence-corrected chi connectivity index (χ2v) is 4.37. The first-order chi connectivity index (χ1) is 8.63. The molecule has 1 aromatic carbocycles. The van der Waals surface area contributed by atoms with Crippen LogP contribution in [0, 0.1) is 5.82 Å². The predicted octanol–water partition coefficient (Wildman–Crippen LogP) is 2.22. The molecule has 0 bridgehead atoms. The summed E-state index contributed by atoms with van der Waals surface area (Å²) in [4.78, 5) is 21.9. The van der Waals surface area contributed by atoms with Crippen LogP contribution in [0.2, 0.25) is 0 Å². The molecule has 0 unspecified atom stereocenters. The van der Waals surface area contributed by atoms with E-state index in [4.69, 9.17) is 5.73 Å². The molecule has 2 aromatic rings. The first-order valence-electron chi connectivity index (χ1n) is 5.01. The third kappa shape index (κ3) is 2.23. The van der Waals surface area contributed by atoms with Gasteiger partial charge in [0.05, 0.1) is 5.56 Å². The minimum atomic E-state index is -0.639. The van der Waals surface area contributed by atoms with Gasteiger partial charge in [0.1, 0.15) is 10.8 Å². The number of primary amides is 1. The number of thiophene rings is 1. The lowest BCUT2D eigenvalue weighted by atomic mass is 10.0. The average molecular weight is 264 g/mol. The van der Waals surface area contributed by atoms with E-state index in [1.807, 2.05) is 0 Å². The highest BCUT2D eigenvalue weighted by Gasteiger charge is 2.17. The fourth-order valence-corrected chi connectivity index (χ4v) is 2.54. The highest BCUT2D eigenvalue weighted by Crippen LogP contribution is 2.34. The Morgan fingerprint density at radius 3 is 2.56 bits per heavy atom. The maximum Gasteiger partial charge on any atom is 0.252 e. The fraction of sp³-hybridized carbons (Fsp3) is 0. The monoisotopic (exact) mass is 264 g/mol. The van der Waals surface area contributed by atoms with Crippen molar-refractivity contribution in [1.82, 2.24) is 0 Å². The summed E-state index contributed by atoms with van der Waals surface area (Å²) in [5.41, 5.74) is 6.78. The molecule has 0 spiro atoms. The summed E-state index contributed by atoms with van der Waals surface area (Å²) in [7, 11) is 0. The number of nitrogens with one attached hydrogen (secondary N) is 1. The number of carbonyl (C=O) groups excluding carboxylic acids is 2. The molecule has 0 aliphatic heterocycles. The quantitative estimate of drug-likeness (QED) is 0.831. The minimum absolute atomic E-state index is 0.235. The summed E-state index contributed by atoms with van der Waals surface area (Å²) >= 11 is 1.19. The van der Waals surface area contributed by atoms with Crippen molar-refractivity contribution < 1.29 is 14.0 Å². The lowest BCUT2D eigenvalue weighted by Crippen LogP contribution is -2.13. The lowest BCUT2D eigenvalue weighted by molar-refractivity contribution is -0.105. The number of hydrogen-bond acceptors (Lipinski definition) is 3. The van der Waals surface area contributed by atoms with Crippen molar-refractivity contribution in [2.24, 2.45) is 5.73 Å².